The minimum atomic E-state index is -4.35. The summed E-state index contributed by atoms with van der Waals surface area (Å²) in [6.45, 7) is 4.64. The Morgan fingerprint density at radius 2 is 1.72 bits per heavy atom. The summed E-state index contributed by atoms with van der Waals surface area (Å²) >= 11 is 0. The van der Waals surface area contributed by atoms with Crippen LogP contribution in [0.3, 0.4) is 0 Å². The molecule has 1 aliphatic heterocycles. The second kappa shape index (κ2) is 9.73. The van der Waals surface area contributed by atoms with Crippen molar-refractivity contribution in [3.8, 4) is 11.1 Å². The largest absolute Gasteiger partial charge is 0.416 e. The molecule has 5 rings (SSSR count). The second-order valence-electron chi connectivity index (χ2n) is 9.02. The predicted molar refractivity (Wildman–Crippen MR) is 131 cm³/mol. The molecule has 2 aromatic heterocycles. The van der Waals surface area contributed by atoms with Gasteiger partial charge in [0.2, 0.25) is 5.91 Å². The van der Waals surface area contributed by atoms with Gasteiger partial charge in [-0.2, -0.15) is 18.3 Å². The quantitative estimate of drug-likeness (QED) is 0.402. The minimum Gasteiger partial charge on any atom is -0.339 e. The van der Waals surface area contributed by atoms with Gasteiger partial charge in [0.05, 0.1) is 11.3 Å². The van der Waals surface area contributed by atoms with Crippen LogP contribution in [0.15, 0.2) is 66.9 Å². The molecule has 36 heavy (non-hydrogen) atoms. The van der Waals surface area contributed by atoms with E-state index in [1.807, 2.05) is 43.3 Å². The van der Waals surface area contributed by atoms with Crippen LogP contribution in [-0.2, 0) is 24.1 Å². The number of rotatable bonds is 5. The van der Waals surface area contributed by atoms with Crippen molar-refractivity contribution in [3.05, 3.63) is 83.7 Å². The van der Waals surface area contributed by atoms with Crippen molar-refractivity contribution in [2.24, 2.45) is 0 Å². The number of hydrogen-bond donors (Lipinski definition) is 0. The molecule has 2 aromatic carbocycles. The predicted octanol–water partition coefficient (Wildman–Crippen LogP) is 4.77. The fourth-order valence-corrected chi connectivity index (χ4v) is 4.74. The number of piperazine rings is 1. The summed E-state index contributed by atoms with van der Waals surface area (Å²) in [7, 11) is 0. The molecule has 0 radical (unpaired) electrons. The number of benzene rings is 2. The third kappa shape index (κ3) is 4.97. The molecule has 0 spiro atoms. The van der Waals surface area contributed by atoms with Crippen LogP contribution in [0.25, 0.3) is 22.2 Å². The molecule has 4 aromatic rings. The Balaban J connectivity index is 1.24. The van der Waals surface area contributed by atoms with Gasteiger partial charge >= 0.3 is 6.18 Å². The molecule has 0 atom stereocenters. The van der Waals surface area contributed by atoms with Crippen molar-refractivity contribution in [3.63, 3.8) is 0 Å². The highest BCUT2D eigenvalue weighted by Gasteiger charge is 2.30. The molecule has 6 nitrogen and oxygen atoms in total. The summed E-state index contributed by atoms with van der Waals surface area (Å²) in [5, 5.41) is 5.55. The standard InChI is InChI=1S/C27H26F3N5O/c1-19-25-23(21-7-3-2-4-8-21)10-11-31-26(25)35(32-19)18-24(36)34-14-12-33(13-15-34)17-20-6-5-9-22(16-20)27(28,29)30/h2-11,16H,12-15,17-18H2,1H3. The maximum Gasteiger partial charge on any atom is 0.416 e. The summed E-state index contributed by atoms with van der Waals surface area (Å²) in [6.07, 6.45) is -2.62. The van der Waals surface area contributed by atoms with E-state index in [1.165, 1.54) is 12.1 Å². The van der Waals surface area contributed by atoms with Gasteiger partial charge in [0.1, 0.15) is 6.54 Å². The molecule has 1 amide bonds. The number of nitrogens with zero attached hydrogens (tertiary/aromatic N) is 5. The lowest BCUT2D eigenvalue weighted by atomic mass is 10.0. The minimum absolute atomic E-state index is 0.0509. The molecule has 1 saturated heterocycles. The van der Waals surface area contributed by atoms with Gasteiger partial charge in [0.15, 0.2) is 5.65 Å². The zero-order chi connectivity index (χ0) is 25.3. The Kier molecular flexibility index (Phi) is 6.49. The molecule has 0 unspecified atom stereocenters. The average Bonchev–Trinajstić information content (AvgIpc) is 3.20. The topological polar surface area (TPSA) is 54.3 Å². The SMILES string of the molecule is Cc1nn(CC(=O)N2CCN(Cc3cccc(C(F)(F)F)c3)CC2)c2nccc(-c3ccccc3)c12. The monoisotopic (exact) mass is 493 g/mol. The molecule has 0 aliphatic carbocycles. The van der Waals surface area contributed by atoms with Gasteiger partial charge in [-0.15, -0.1) is 0 Å². The summed E-state index contributed by atoms with van der Waals surface area (Å²) in [6, 6.07) is 17.4. The first-order valence-electron chi connectivity index (χ1n) is 11.8. The number of pyridine rings is 1. The number of hydrogen-bond acceptors (Lipinski definition) is 4. The number of aryl methyl sites for hydroxylation is 1. The molecule has 0 bridgehead atoms. The lowest BCUT2D eigenvalue weighted by Crippen LogP contribution is -2.49. The smallest absolute Gasteiger partial charge is 0.339 e. The van der Waals surface area contributed by atoms with Crippen LogP contribution in [0.5, 0.6) is 0 Å². The van der Waals surface area contributed by atoms with Crippen LogP contribution in [0.1, 0.15) is 16.8 Å². The van der Waals surface area contributed by atoms with E-state index in [4.69, 9.17) is 0 Å². The lowest BCUT2D eigenvalue weighted by molar-refractivity contribution is -0.137. The Hall–Kier alpha value is -3.72. The van der Waals surface area contributed by atoms with Crippen LogP contribution in [0, 0.1) is 6.92 Å². The molecule has 0 saturated carbocycles. The summed E-state index contributed by atoms with van der Waals surface area (Å²) in [4.78, 5) is 21.5. The Bertz CT molecular complexity index is 1380. The van der Waals surface area contributed by atoms with E-state index in [1.54, 1.807) is 21.8 Å². The molecule has 3 heterocycles. The van der Waals surface area contributed by atoms with Crippen LogP contribution in [-0.4, -0.2) is 56.7 Å². The van der Waals surface area contributed by atoms with Crippen molar-refractivity contribution in [1.29, 1.82) is 0 Å². The molecule has 1 aliphatic rings. The molecular weight excluding hydrogens is 467 g/mol. The Labute approximate surface area is 207 Å². The number of alkyl halides is 3. The highest BCUT2D eigenvalue weighted by Crippen LogP contribution is 2.31. The van der Waals surface area contributed by atoms with Gasteiger partial charge in [-0.25, -0.2) is 9.67 Å². The van der Waals surface area contributed by atoms with E-state index in [0.29, 0.717) is 43.9 Å². The zero-order valence-corrected chi connectivity index (χ0v) is 19.9. The van der Waals surface area contributed by atoms with E-state index in [2.05, 4.69) is 15.0 Å². The van der Waals surface area contributed by atoms with E-state index in [0.717, 1.165) is 28.3 Å². The van der Waals surface area contributed by atoms with E-state index in [-0.39, 0.29) is 12.5 Å². The lowest BCUT2D eigenvalue weighted by Gasteiger charge is -2.34. The van der Waals surface area contributed by atoms with Crippen molar-refractivity contribution >= 4 is 16.9 Å². The first-order chi connectivity index (χ1) is 17.3. The van der Waals surface area contributed by atoms with Gasteiger partial charge in [0, 0.05) is 44.3 Å². The molecule has 1 fully saturated rings. The van der Waals surface area contributed by atoms with E-state index < -0.39 is 11.7 Å². The summed E-state index contributed by atoms with van der Waals surface area (Å²) in [5.41, 5.74) is 3.56. The van der Waals surface area contributed by atoms with Crippen LogP contribution >= 0.6 is 0 Å². The fraction of sp³-hybridized carbons (Fsp3) is 0.296. The first kappa shape index (κ1) is 24.0. The number of aromatic nitrogens is 3. The first-order valence-corrected chi connectivity index (χ1v) is 11.8. The van der Waals surface area contributed by atoms with Crippen molar-refractivity contribution in [2.75, 3.05) is 26.2 Å². The summed E-state index contributed by atoms with van der Waals surface area (Å²) < 4.78 is 40.7. The maximum absolute atomic E-state index is 13.1. The highest BCUT2D eigenvalue weighted by molar-refractivity contribution is 5.95. The molecule has 0 N–H and O–H groups in total. The Morgan fingerprint density at radius 3 is 2.44 bits per heavy atom. The van der Waals surface area contributed by atoms with Crippen molar-refractivity contribution in [1.82, 2.24) is 24.6 Å². The normalized spacial score (nSPS) is 14.9. The average molecular weight is 494 g/mol. The Morgan fingerprint density at radius 1 is 0.972 bits per heavy atom. The molecule has 9 heteroatoms. The fourth-order valence-electron chi connectivity index (χ4n) is 4.74. The third-order valence-electron chi connectivity index (χ3n) is 6.56. The van der Waals surface area contributed by atoms with Gasteiger partial charge < -0.3 is 4.90 Å². The number of amides is 1. The van der Waals surface area contributed by atoms with Gasteiger partial charge in [-0.1, -0.05) is 48.5 Å². The summed E-state index contributed by atoms with van der Waals surface area (Å²) in [5.74, 6) is -0.0509. The second-order valence-corrected chi connectivity index (χ2v) is 9.02. The van der Waals surface area contributed by atoms with Gasteiger partial charge in [0.25, 0.3) is 0 Å². The van der Waals surface area contributed by atoms with Gasteiger partial charge in [-0.3, -0.25) is 9.69 Å². The maximum atomic E-state index is 13.1. The highest BCUT2D eigenvalue weighted by atomic mass is 19.4. The number of halogens is 3. The third-order valence-corrected chi connectivity index (χ3v) is 6.56. The van der Waals surface area contributed by atoms with Gasteiger partial charge in [-0.05, 0) is 35.7 Å². The number of fused-ring (bicyclic) bond motifs is 1. The number of carbonyl (C=O) groups is 1. The van der Waals surface area contributed by atoms with Crippen molar-refractivity contribution < 1.29 is 18.0 Å². The molecular formula is C27H26F3N5O. The van der Waals surface area contributed by atoms with Crippen LogP contribution in [0.4, 0.5) is 13.2 Å². The van der Waals surface area contributed by atoms with Crippen LogP contribution < -0.4 is 0 Å². The molecule has 186 valence electrons. The number of carbonyl (C=O) groups excluding carboxylic acids is 1. The van der Waals surface area contributed by atoms with Crippen LogP contribution in [0.2, 0.25) is 0 Å². The van der Waals surface area contributed by atoms with E-state index >= 15 is 0 Å². The van der Waals surface area contributed by atoms with Crippen molar-refractivity contribution in [2.45, 2.75) is 26.2 Å². The zero-order valence-electron chi connectivity index (χ0n) is 19.9. The van der Waals surface area contributed by atoms with E-state index in [9.17, 15) is 18.0 Å².